The molecule has 0 atom stereocenters. The van der Waals surface area contributed by atoms with Crippen molar-refractivity contribution in [3.63, 3.8) is 0 Å². The number of fused-ring (bicyclic) bond motifs is 1. The van der Waals surface area contributed by atoms with Crippen LogP contribution in [0.2, 0.25) is 0 Å². The molecule has 16 heavy (non-hydrogen) atoms. The number of nitrogens with zero attached hydrogens (tertiary/aromatic N) is 1. The van der Waals surface area contributed by atoms with E-state index in [1.165, 1.54) is 16.8 Å². The molecule has 3 nitrogen and oxygen atoms in total. The molecule has 0 spiro atoms. The van der Waals surface area contributed by atoms with Gasteiger partial charge in [-0.25, -0.2) is 0 Å². The highest BCUT2D eigenvalue weighted by atomic mass is 35.5. The van der Waals surface area contributed by atoms with Gasteiger partial charge in [0.05, 0.1) is 13.2 Å². The van der Waals surface area contributed by atoms with Crippen LogP contribution in [0.25, 0.3) is 0 Å². The zero-order valence-electron chi connectivity index (χ0n) is 9.24. The maximum Gasteiger partial charge on any atom is 0.0642 e. The van der Waals surface area contributed by atoms with Crippen LogP contribution in [0.15, 0.2) is 18.2 Å². The van der Waals surface area contributed by atoms with E-state index in [0.717, 1.165) is 39.4 Å². The van der Waals surface area contributed by atoms with E-state index in [9.17, 15) is 0 Å². The minimum absolute atomic E-state index is 0. The SMILES string of the molecule is Cl.c1cc2c(cc1N1CCOCC1)CNC2. The normalized spacial score (nSPS) is 19.1. The van der Waals surface area contributed by atoms with Crippen LogP contribution in [-0.4, -0.2) is 26.3 Å². The Labute approximate surface area is 102 Å². The summed E-state index contributed by atoms with van der Waals surface area (Å²) in [4.78, 5) is 2.40. The Bertz CT molecular complexity index is 364. The fraction of sp³-hybridized carbons (Fsp3) is 0.500. The van der Waals surface area contributed by atoms with E-state index >= 15 is 0 Å². The van der Waals surface area contributed by atoms with Crippen molar-refractivity contribution in [2.45, 2.75) is 13.1 Å². The lowest BCUT2D eigenvalue weighted by Gasteiger charge is -2.29. The van der Waals surface area contributed by atoms with Crippen molar-refractivity contribution in [1.29, 1.82) is 0 Å². The summed E-state index contributed by atoms with van der Waals surface area (Å²) >= 11 is 0. The standard InChI is InChI=1S/C12H16N2O.ClH/c1-2-12(14-3-5-15-6-4-14)7-11-9-13-8-10(1)11;/h1-2,7,13H,3-6,8-9H2;1H. The molecule has 0 amide bonds. The van der Waals surface area contributed by atoms with Gasteiger partial charge in [-0.1, -0.05) is 6.07 Å². The predicted octanol–water partition coefficient (Wildman–Crippen LogP) is 1.55. The number of ether oxygens (including phenoxy) is 1. The summed E-state index contributed by atoms with van der Waals surface area (Å²) in [6, 6.07) is 6.80. The lowest BCUT2D eigenvalue weighted by Crippen LogP contribution is -2.36. The van der Waals surface area contributed by atoms with Crippen molar-refractivity contribution in [2.75, 3.05) is 31.2 Å². The molecule has 1 aromatic rings. The molecule has 1 saturated heterocycles. The number of hydrogen-bond acceptors (Lipinski definition) is 3. The van der Waals surface area contributed by atoms with Crippen LogP contribution < -0.4 is 10.2 Å². The molecule has 1 aromatic carbocycles. The van der Waals surface area contributed by atoms with Crippen molar-refractivity contribution < 1.29 is 4.74 Å². The molecule has 0 unspecified atom stereocenters. The van der Waals surface area contributed by atoms with E-state index in [0.29, 0.717) is 0 Å². The Morgan fingerprint density at radius 3 is 2.62 bits per heavy atom. The van der Waals surface area contributed by atoms with Gasteiger partial charge in [-0.15, -0.1) is 12.4 Å². The van der Waals surface area contributed by atoms with Gasteiger partial charge in [0.15, 0.2) is 0 Å². The van der Waals surface area contributed by atoms with Gasteiger partial charge in [0.2, 0.25) is 0 Å². The number of morpholine rings is 1. The van der Waals surface area contributed by atoms with E-state index in [1.807, 2.05) is 0 Å². The van der Waals surface area contributed by atoms with E-state index in [-0.39, 0.29) is 12.4 Å². The number of hydrogen-bond donors (Lipinski definition) is 1. The summed E-state index contributed by atoms with van der Waals surface area (Å²) in [6.07, 6.45) is 0. The molecule has 2 heterocycles. The smallest absolute Gasteiger partial charge is 0.0642 e. The van der Waals surface area contributed by atoms with Crippen LogP contribution in [0.3, 0.4) is 0 Å². The van der Waals surface area contributed by atoms with Gasteiger partial charge in [0.1, 0.15) is 0 Å². The van der Waals surface area contributed by atoms with E-state index in [4.69, 9.17) is 4.74 Å². The minimum Gasteiger partial charge on any atom is -0.378 e. The first-order valence-corrected chi connectivity index (χ1v) is 5.59. The second-order valence-corrected chi connectivity index (χ2v) is 4.16. The average molecular weight is 241 g/mol. The molecule has 88 valence electrons. The van der Waals surface area contributed by atoms with Gasteiger partial charge in [-0.3, -0.25) is 0 Å². The largest absolute Gasteiger partial charge is 0.378 e. The molecule has 4 heteroatoms. The predicted molar refractivity (Wildman–Crippen MR) is 67.3 cm³/mol. The molecule has 1 N–H and O–H groups in total. The zero-order chi connectivity index (χ0) is 10.1. The van der Waals surface area contributed by atoms with E-state index in [1.54, 1.807) is 0 Å². The van der Waals surface area contributed by atoms with Gasteiger partial charge in [-0.05, 0) is 23.3 Å². The monoisotopic (exact) mass is 240 g/mol. The molecule has 0 saturated carbocycles. The fourth-order valence-electron chi connectivity index (χ4n) is 2.30. The maximum atomic E-state index is 5.36. The highest BCUT2D eigenvalue weighted by Crippen LogP contribution is 2.23. The summed E-state index contributed by atoms with van der Waals surface area (Å²) < 4.78 is 5.36. The second kappa shape index (κ2) is 5.04. The molecule has 2 aliphatic rings. The summed E-state index contributed by atoms with van der Waals surface area (Å²) in [5.74, 6) is 0. The number of rotatable bonds is 1. The van der Waals surface area contributed by atoms with Crippen LogP contribution in [-0.2, 0) is 17.8 Å². The third-order valence-corrected chi connectivity index (χ3v) is 3.20. The first-order valence-electron chi connectivity index (χ1n) is 5.59. The fourth-order valence-corrected chi connectivity index (χ4v) is 2.30. The first-order chi connectivity index (χ1) is 7.43. The Kier molecular flexibility index (Phi) is 3.69. The van der Waals surface area contributed by atoms with Crippen molar-refractivity contribution in [3.05, 3.63) is 29.3 Å². The maximum absolute atomic E-state index is 5.36. The number of anilines is 1. The molecular weight excluding hydrogens is 224 g/mol. The zero-order valence-corrected chi connectivity index (χ0v) is 10.1. The third kappa shape index (κ3) is 2.17. The van der Waals surface area contributed by atoms with Gasteiger partial charge in [0.25, 0.3) is 0 Å². The van der Waals surface area contributed by atoms with Crippen molar-refractivity contribution in [2.24, 2.45) is 0 Å². The van der Waals surface area contributed by atoms with Gasteiger partial charge in [-0.2, -0.15) is 0 Å². The van der Waals surface area contributed by atoms with E-state index < -0.39 is 0 Å². The Morgan fingerprint density at radius 1 is 1.06 bits per heavy atom. The van der Waals surface area contributed by atoms with Crippen molar-refractivity contribution >= 4 is 18.1 Å². The molecule has 0 bridgehead atoms. The summed E-state index contributed by atoms with van der Waals surface area (Å²) in [6.45, 7) is 5.80. The molecule has 0 aromatic heterocycles. The number of halogens is 1. The van der Waals surface area contributed by atoms with E-state index in [2.05, 4.69) is 28.4 Å². The lowest BCUT2D eigenvalue weighted by molar-refractivity contribution is 0.122. The minimum atomic E-state index is 0. The topological polar surface area (TPSA) is 24.5 Å². The van der Waals surface area contributed by atoms with Gasteiger partial charge < -0.3 is 15.0 Å². The molecule has 0 aliphatic carbocycles. The number of nitrogens with one attached hydrogen (secondary N) is 1. The van der Waals surface area contributed by atoms with Gasteiger partial charge in [0, 0.05) is 31.9 Å². The summed E-state index contributed by atoms with van der Waals surface area (Å²) in [5, 5.41) is 3.37. The highest BCUT2D eigenvalue weighted by Gasteiger charge is 2.15. The van der Waals surface area contributed by atoms with Crippen LogP contribution in [0.1, 0.15) is 11.1 Å². The average Bonchev–Trinajstić information content (AvgIpc) is 2.77. The number of benzene rings is 1. The van der Waals surface area contributed by atoms with Crippen molar-refractivity contribution in [3.8, 4) is 0 Å². The second-order valence-electron chi connectivity index (χ2n) is 4.16. The van der Waals surface area contributed by atoms with Gasteiger partial charge >= 0.3 is 0 Å². The first kappa shape index (κ1) is 11.7. The Morgan fingerprint density at radius 2 is 1.81 bits per heavy atom. The van der Waals surface area contributed by atoms with Crippen LogP contribution in [0.4, 0.5) is 5.69 Å². The quantitative estimate of drug-likeness (QED) is 0.806. The lowest BCUT2D eigenvalue weighted by atomic mass is 10.1. The summed E-state index contributed by atoms with van der Waals surface area (Å²) in [7, 11) is 0. The molecule has 0 radical (unpaired) electrons. The Balaban J connectivity index is 0.000000963. The molecule has 1 fully saturated rings. The van der Waals surface area contributed by atoms with Crippen LogP contribution >= 0.6 is 12.4 Å². The Hall–Kier alpha value is -0.770. The summed E-state index contributed by atoms with van der Waals surface area (Å²) in [5.41, 5.74) is 4.26. The highest BCUT2D eigenvalue weighted by molar-refractivity contribution is 5.85. The third-order valence-electron chi connectivity index (χ3n) is 3.20. The molecular formula is C12H17ClN2O. The molecule has 3 rings (SSSR count). The van der Waals surface area contributed by atoms with Crippen LogP contribution in [0, 0.1) is 0 Å². The van der Waals surface area contributed by atoms with Crippen molar-refractivity contribution in [1.82, 2.24) is 5.32 Å². The molecule has 2 aliphatic heterocycles. The van der Waals surface area contributed by atoms with Crippen LogP contribution in [0.5, 0.6) is 0 Å².